The van der Waals surface area contributed by atoms with Crippen LogP contribution in [0, 0.1) is 13.8 Å². The Morgan fingerprint density at radius 1 is 1.04 bits per heavy atom. The minimum Gasteiger partial charge on any atom is -0.348 e. The summed E-state index contributed by atoms with van der Waals surface area (Å²) in [5, 5.41) is 2.75. The topological polar surface area (TPSA) is 86.8 Å². The molecule has 1 saturated heterocycles. The van der Waals surface area contributed by atoms with Crippen molar-refractivity contribution in [1.82, 2.24) is 15.1 Å². The summed E-state index contributed by atoms with van der Waals surface area (Å²) in [7, 11) is 0. The van der Waals surface area contributed by atoms with E-state index in [-0.39, 0.29) is 6.04 Å². The van der Waals surface area contributed by atoms with E-state index in [0.717, 1.165) is 21.6 Å². The molecule has 0 radical (unpaired) electrons. The molecule has 1 fully saturated rings. The first-order valence-electron chi connectivity index (χ1n) is 8.19. The smallest absolute Gasteiger partial charge is 0.334 e. The summed E-state index contributed by atoms with van der Waals surface area (Å²) >= 11 is 0. The average Bonchev–Trinajstić information content (AvgIpc) is 2.73. The van der Waals surface area contributed by atoms with Crippen molar-refractivity contribution in [3.05, 3.63) is 34.9 Å². The van der Waals surface area contributed by atoms with E-state index in [1.165, 1.54) is 0 Å². The fraction of sp³-hybridized carbons (Fsp3) is 0.444. The highest BCUT2D eigenvalue weighted by Crippen LogP contribution is 2.18. The number of imide groups is 2. The van der Waals surface area contributed by atoms with Crippen LogP contribution in [-0.4, -0.2) is 46.1 Å². The van der Waals surface area contributed by atoms with Crippen LogP contribution in [0.2, 0.25) is 0 Å². The van der Waals surface area contributed by atoms with Gasteiger partial charge in [-0.15, -0.1) is 0 Å². The Bertz CT molecular complexity index is 742. The third-order valence-corrected chi connectivity index (χ3v) is 4.31. The fourth-order valence-corrected chi connectivity index (χ4v) is 2.67. The van der Waals surface area contributed by atoms with E-state index in [1.54, 1.807) is 13.8 Å². The maximum atomic E-state index is 12.2. The first kappa shape index (κ1) is 18.6. The number of rotatable bonds is 5. The minimum absolute atomic E-state index is 0.281. The number of benzene rings is 1. The number of urea groups is 1. The highest BCUT2D eigenvalue weighted by Gasteiger charge is 2.46. The normalized spacial score (nSPS) is 16.0. The summed E-state index contributed by atoms with van der Waals surface area (Å²) in [6, 6.07) is 4.40. The summed E-state index contributed by atoms with van der Waals surface area (Å²) < 4.78 is 0. The van der Waals surface area contributed by atoms with Crippen LogP contribution in [0.4, 0.5) is 4.79 Å². The van der Waals surface area contributed by atoms with Gasteiger partial charge in [0.15, 0.2) is 0 Å². The van der Waals surface area contributed by atoms with E-state index in [1.807, 2.05) is 39.0 Å². The van der Waals surface area contributed by atoms with E-state index in [4.69, 9.17) is 0 Å². The lowest BCUT2D eigenvalue weighted by Gasteiger charge is -2.20. The van der Waals surface area contributed by atoms with Gasteiger partial charge in [0, 0.05) is 6.04 Å². The van der Waals surface area contributed by atoms with Gasteiger partial charge in [-0.25, -0.2) is 9.69 Å². The largest absolute Gasteiger partial charge is 0.348 e. The van der Waals surface area contributed by atoms with Crippen molar-refractivity contribution in [2.75, 3.05) is 6.54 Å². The Morgan fingerprint density at radius 2 is 1.68 bits per heavy atom. The molecule has 1 heterocycles. The van der Waals surface area contributed by atoms with Crippen molar-refractivity contribution in [3.63, 3.8) is 0 Å². The first-order chi connectivity index (χ1) is 11.6. The second-order valence-electron chi connectivity index (χ2n) is 6.58. The van der Waals surface area contributed by atoms with Crippen molar-refractivity contribution in [3.8, 4) is 0 Å². The second-order valence-corrected chi connectivity index (χ2v) is 6.58. The molecule has 1 aliphatic rings. The van der Waals surface area contributed by atoms with Crippen LogP contribution >= 0.6 is 0 Å². The predicted molar refractivity (Wildman–Crippen MR) is 91.6 cm³/mol. The first-order valence-corrected chi connectivity index (χ1v) is 8.19. The Morgan fingerprint density at radius 3 is 2.20 bits per heavy atom. The van der Waals surface area contributed by atoms with Crippen molar-refractivity contribution < 1.29 is 19.2 Å². The molecular formula is C18H23N3O4. The van der Waals surface area contributed by atoms with E-state index in [9.17, 15) is 19.2 Å². The zero-order valence-corrected chi connectivity index (χ0v) is 15.1. The average molecular weight is 345 g/mol. The number of nitrogens with zero attached hydrogens (tertiary/aromatic N) is 2. The molecule has 1 aromatic carbocycles. The van der Waals surface area contributed by atoms with Gasteiger partial charge in [0.05, 0.1) is 6.04 Å². The van der Waals surface area contributed by atoms with Crippen LogP contribution in [-0.2, 0) is 14.4 Å². The zero-order chi connectivity index (χ0) is 18.9. The standard InChI is InChI=1S/C18H23N3O4/c1-10(2)21-17(24)16(23)20(18(21)25)9-15(22)19-13(5)14-7-6-11(3)12(4)8-14/h6-8,10,13H,9H2,1-5H3,(H,19,22)/t13-/m0/s1. The highest BCUT2D eigenvalue weighted by molar-refractivity contribution is 6.45. The molecular weight excluding hydrogens is 322 g/mol. The van der Waals surface area contributed by atoms with Gasteiger partial charge in [-0.1, -0.05) is 18.2 Å². The lowest BCUT2D eigenvalue weighted by atomic mass is 10.0. The van der Waals surface area contributed by atoms with Crippen molar-refractivity contribution in [2.45, 2.75) is 46.7 Å². The summed E-state index contributed by atoms with van der Waals surface area (Å²) in [6.45, 7) is 8.61. The van der Waals surface area contributed by atoms with E-state index in [0.29, 0.717) is 4.90 Å². The molecule has 25 heavy (non-hydrogen) atoms. The molecule has 7 nitrogen and oxygen atoms in total. The number of hydrogen-bond acceptors (Lipinski definition) is 4. The molecule has 1 atom stereocenters. The molecule has 1 aromatic rings. The van der Waals surface area contributed by atoms with Crippen molar-refractivity contribution >= 4 is 23.8 Å². The Labute approximate surface area is 147 Å². The molecule has 1 N–H and O–H groups in total. The summed E-state index contributed by atoms with van der Waals surface area (Å²) in [6.07, 6.45) is 0. The molecule has 0 aromatic heterocycles. The van der Waals surface area contributed by atoms with Crippen LogP contribution in [0.25, 0.3) is 0 Å². The van der Waals surface area contributed by atoms with Gasteiger partial charge in [0.2, 0.25) is 5.91 Å². The molecule has 1 aliphatic heterocycles. The van der Waals surface area contributed by atoms with Crippen LogP contribution in [0.1, 0.15) is 43.5 Å². The van der Waals surface area contributed by atoms with Gasteiger partial charge in [-0.3, -0.25) is 19.3 Å². The van der Waals surface area contributed by atoms with E-state index < -0.39 is 36.3 Å². The number of nitrogens with one attached hydrogen (secondary N) is 1. The highest BCUT2D eigenvalue weighted by atomic mass is 16.2. The quantitative estimate of drug-likeness (QED) is 0.650. The number of amides is 5. The minimum atomic E-state index is -0.965. The lowest BCUT2D eigenvalue weighted by molar-refractivity contribution is -0.144. The molecule has 134 valence electrons. The van der Waals surface area contributed by atoms with Crippen LogP contribution in [0.3, 0.4) is 0 Å². The molecule has 7 heteroatoms. The van der Waals surface area contributed by atoms with Crippen molar-refractivity contribution in [1.29, 1.82) is 0 Å². The maximum Gasteiger partial charge on any atom is 0.334 e. The second kappa shape index (κ2) is 7.04. The molecule has 2 rings (SSSR count). The van der Waals surface area contributed by atoms with Crippen molar-refractivity contribution in [2.24, 2.45) is 0 Å². The predicted octanol–water partition coefficient (Wildman–Crippen LogP) is 1.68. The van der Waals surface area contributed by atoms with Gasteiger partial charge in [0.1, 0.15) is 6.54 Å². The lowest BCUT2D eigenvalue weighted by Crippen LogP contribution is -2.43. The third kappa shape index (κ3) is 3.70. The van der Waals surface area contributed by atoms with Crippen LogP contribution in [0.15, 0.2) is 18.2 Å². The third-order valence-electron chi connectivity index (χ3n) is 4.31. The molecule has 0 spiro atoms. The van der Waals surface area contributed by atoms with E-state index in [2.05, 4.69) is 5.32 Å². The molecule has 0 saturated carbocycles. The van der Waals surface area contributed by atoms with Gasteiger partial charge < -0.3 is 5.32 Å². The van der Waals surface area contributed by atoms with Gasteiger partial charge in [-0.05, 0) is 51.3 Å². The summed E-state index contributed by atoms with van der Waals surface area (Å²) in [5.74, 6) is -2.35. The van der Waals surface area contributed by atoms with E-state index >= 15 is 0 Å². The fourth-order valence-electron chi connectivity index (χ4n) is 2.67. The number of hydrogen-bond donors (Lipinski definition) is 1. The zero-order valence-electron chi connectivity index (χ0n) is 15.1. The molecule has 0 bridgehead atoms. The van der Waals surface area contributed by atoms with Gasteiger partial charge in [0.25, 0.3) is 0 Å². The number of carbonyl (C=O) groups is 4. The van der Waals surface area contributed by atoms with Gasteiger partial charge in [-0.2, -0.15) is 0 Å². The van der Waals surface area contributed by atoms with Gasteiger partial charge >= 0.3 is 17.8 Å². The number of carbonyl (C=O) groups excluding carboxylic acids is 4. The molecule has 0 aliphatic carbocycles. The molecule has 0 unspecified atom stereocenters. The maximum absolute atomic E-state index is 12.2. The summed E-state index contributed by atoms with van der Waals surface area (Å²) in [4.78, 5) is 49.7. The Kier molecular flexibility index (Phi) is 5.25. The molecule has 5 amide bonds. The number of aryl methyl sites for hydroxylation is 2. The van der Waals surface area contributed by atoms with Crippen LogP contribution < -0.4 is 5.32 Å². The van der Waals surface area contributed by atoms with Crippen LogP contribution in [0.5, 0.6) is 0 Å². The monoisotopic (exact) mass is 345 g/mol. The Balaban J connectivity index is 2.04. The summed E-state index contributed by atoms with van der Waals surface area (Å²) in [5.41, 5.74) is 3.19. The SMILES string of the molecule is Cc1ccc([C@H](C)NC(=O)CN2C(=O)C(=O)N(C(C)C)C2=O)cc1C. The Hall–Kier alpha value is -2.70.